The summed E-state index contributed by atoms with van der Waals surface area (Å²) in [6.07, 6.45) is -1.60. The quantitative estimate of drug-likeness (QED) is 0.652. The van der Waals surface area contributed by atoms with Crippen LogP contribution in [0.4, 0.5) is 13.2 Å². The molecule has 0 unspecified atom stereocenters. The lowest BCUT2D eigenvalue weighted by atomic mass is 10.0. The van der Waals surface area contributed by atoms with Gasteiger partial charge in [0, 0.05) is 16.9 Å². The van der Waals surface area contributed by atoms with Crippen LogP contribution in [0.15, 0.2) is 18.2 Å². The van der Waals surface area contributed by atoms with Gasteiger partial charge < -0.3 is 14.6 Å². The maximum Gasteiger partial charge on any atom is 0.573 e. The molecule has 1 saturated carbocycles. The maximum atomic E-state index is 12.7. The number of hydrogen-bond acceptors (Lipinski definition) is 7. The van der Waals surface area contributed by atoms with Gasteiger partial charge in [-0.1, -0.05) is 29.6 Å². The lowest BCUT2D eigenvalue weighted by Gasteiger charge is -2.18. The van der Waals surface area contributed by atoms with E-state index in [1.165, 1.54) is 0 Å². The summed E-state index contributed by atoms with van der Waals surface area (Å²) < 4.78 is 71.9. The van der Waals surface area contributed by atoms with E-state index in [2.05, 4.69) is 31.3 Å². The number of aromatic nitrogens is 3. The topological polar surface area (TPSA) is 131 Å². The number of ether oxygens (including phenoxy) is 2. The Labute approximate surface area is 174 Å². The van der Waals surface area contributed by atoms with Crippen LogP contribution in [0.1, 0.15) is 48.2 Å². The highest BCUT2D eigenvalue weighted by Crippen LogP contribution is 2.31. The van der Waals surface area contributed by atoms with Gasteiger partial charge in [-0.25, -0.2) is 18.3 Å². The number of halogens is 3. The Morgan fingerprint density at radius 3 is 2.48 bits per heavy atom. The first kappa shape index (κ1) is 22.4. The van der Waals surface area contributed by atoms with Crippen LogP contribution in [-0.4, -0.2) is 46.5 Å². The summed E-state index contributed by atoms with van der Waals surface area (Å²) in [6, 6.07) is 2.85. The molecule has 1 fully saturated rings. The van der Waals surface area contributed by atoms with Crippen molar-refractivity contribution in [1.29, 1.82) is 0 Å². The van der Waals surface area contributed by atoms with Crippen molar-refractivity contribution in [2.45, 2.75) is 43.7 Å². The van der Waals surface area contributed by atoms with Gasteiger partial charge in [-0.15, -0.1) is 13.2 Å². The van der Waals surface area contributed by atoms with Crippen molar-refractivity contribution in [3.8, 4) is 28.6 Å². The van der Waals surface area contributed by atoms with Gasteiger partial charge in [0.15, 0.2) is 0 Å². The van der Waals surface area contributed by atoms with Gasteiger partial charge in [0.25, 0.3) is 5.88 Å². The summed E-state index contributed by atoms with van der Waals surface area (Å²) in [5, 5.41) is 19.3. The second-order valence-corrected chi connectivity index (χ2v) is 8.63. The summed E-state index contributed by atoms with van der Waals surface area (Å²) in [7, 11) is -3.78. The van der Waals surface area contributed by atoms with Gasteiger partial charge >= 0.3 is 12.3 Å². The third-order valence-electron chi connectivity index (χ3n) is 4.39. The number of alkyl halides is 3. The molecule has 1 heterocycles. The number of carbonyl (C=O) groups is 1. The van der Waals surface area contributed by atoms with Crippen LogP contribution >= 0.6 is 0 Å². The minimum Gasteiger partial charge on any atom is -0.476 e. The summed E-state index contributed by atoms with van der Waals surface area (Å²) in [4.78, 5) is 11.1. The predicted octanol–water partition coefficient (Wildman–Crippen LogP) is 3.25. The molecule has 0 amide bonds. The molecule has 0 radical (unpaired) electrons. The Morgan fingerprint density at radius 1 is 1.16 bits per heavy atom. The first-order valence-electron chi connectivity index (χ1n) is 9.03. The second-order valence-electron chi connectivity index (χ2n) is 6.67. The van der Waals surface area contributed by atoms with Crippen LogP contribution < -0.4 is 9.47 Å². The van der Waals surface area contributed by atoms with Crippen molar-refractivity contribution >= 4 is 15.8 Å². The zero-order valence-electron chi connectivity index (χ0n) is 15.8. The fourth-order valence-corrected chi connectivity index (χ4v) is 4.41. The van der Waals surface area contributed by atoms with E-state index in [0.717, 1.165) is 37.5 Å². The average molecular weight is 459 g/mol. The molecule has 2 aromatic rings. The molecular weight excluding hydrogens is 443 g/mol. The lowest BCUT2D eigenvalue weighted by Crippen LogP contribution is -2.22. The largest absolute Gasteiger partial charge is 0.573 e. The molecule has 1 aliphatic rings. The predicted molar refractivity (Wildman–Crippen MR) is 99.2 cm³/mol. The van der Waals surface area contributed by atoms with E-state index in [0.29, 0.717) is 12.8 Å². The normalized spacial score (nSPS) is 15.1. The number of sulfone groups is 1. The molecule has 0 bridgehead atoms. The van der Waals surface area contributed by atoms with Crippen molar-refractivity contribution in [3.63, 3.8) is 0 Å². The number of H-pyrrole nitrogens is 1. The van der Waals surface area contributed by atoms with Crippen molar-refractivity contribution in [3.05, 3.63) is 29.5 Å². The van der Waals surface area contributed by atoms with Crippen LogP contribution in [0.25, 0.3) is 0 Å². The number of rotatable bonds is 5. The molecule has 1 aromatic heterocycles. The molecule has 3 rings (SSSR count). The van der Waals surface area contributed by atoms with E-state index in [9.17, 15) is 26.4 Å². The fourth-order valence-electron chi connectivity index (χ4n) is 3.02. The highest BCUT2D eigenvalue weighted by Gasteiger charge is 2.31. The molecule has 31 heavy (non-hydrogen) atoms. The van der Waals surface area contributed by atoms with Crippen LogP contribution in [0.3, 0.4) is 0 Å². The van der Waals surface area contributed by atoms with Crippen molar-refractivity contribution in [2.75, 3.05) is 0 Å². The molecule has 13 heteroatoms. The Kier molecular flexibility index (Phi) is 6.40. The zero-order valence-corrected chi connectivity index (χ0v) is 16.6. The van der Waals surface area contributed by atoms with Crippen LogP contribution in [0.2, 0.25) is 0 Å². The summed E-state index contributed by atoms with van der Waals surface area (Å²) in [5.41, 5.74) is -0.675. The van der Waals surface area contributed by atoms with E-state index in [1.54, 1.807) is 0 Å². The lowest BCUT2D eigenvalue weighted by molar-refractivity contribution is -0.274. The third kappa shape index (κ3) is 6.11. The Bertz CT molecular complexity index is 1130. The molecule has 1 aliphatic carbocycles. The van der Waals surface area contributed by atoms with Gasteiger partial charge in [0.05, 0.1) is 5.25 Å². The number of nitrogens with zero attached hydrogens (tertiary/aromatic N) is 2. The average Bonchev–Trinajstić information content (AvgIpc) is 3.14. The minimum atomic E-state index is -5.03. The van der Waals surface area contributed by atoms with Crippen molar-refractivity contribution < 1.29 is 41.0 Å². The molecule has 1 aromatic carbocycles. The summed E-state index contributed by atoms with van der Waals surface area (Å²) >= 11 is 0. The second kappa shape index (κ2) is 8.84. The molecule has 0 aliphatic heterocycles. The molecule has 0 saturated heterocycles. The number of hydrogen-bond donors (Lipinski definition) is 2. The van der Waals surface area contributed by atoms with Gasteiger partial charge in [-0.3, -0.25) is 0 Å². The highest BCUT2D eigenvalue weighted by molar-refractivity contribution is 7.96. The van der Waals surface area contributed by atoms with E-state index in [1.807, 2.05) is 0 Å². The van der Waals surface area contributed by atoms with E-state index in [4.69, 9.17) is 9.84 Å². The van der Waals surface area contributed by atoms with E-state index >= 15 is 0 Å². The van der Waals surface area contributed by atoms with Gasteiger partial charge in [0.2, 0.25) is 15.5 Å². The summed E-state index contributed by atoms with van der Waals surface area (Å²) in [6.45, 7) is 0. The smallest absolute Gasteiger partial charge is 0.476 e. The monoisotopic (exact) mass is 459 g/mol. The molecular formula is C18H16F3N3O6S. The maximum absolute atomic E-state index is 12.7. The van der Waals surface area contributed by atoms with Gasteiger partial charge in [-0.05, 0) is 30.9 Å². The number of aromatic amines is 1. The fraction of sp³-hybridized carbons (Fsp3) is 0.389. The molecule has 0 spiro atoms. The molecule has 9 nitrogen and oxygen atoms in total. The van der Waals surface area contributed by atoms with Crippen LogP contribution in [0.5, 0.6) is 17.4 Å². The minimum absolute atomic E-state index is 0.142. The highest BCUT2D eigenvalue weighted by atomic mass is 32.2. The Balaban J connectivity index is 1.94. The van der Waals surface area contributed by atoms with Crippen molar-refractivity contribution in [2.24, 2.45) is 0 Å². The van der Waals surface area contributed by atoms with Crippen molar-refractivity contribution in [1.82, 2.24) is 15.4 Å². The van der Waals surface area contributed by atoms with E-state index in [-0.39, 0.29) is 11.3 Å². The molecule has 166 valence electrons. The number of carboxylic acid groups (broad SMARTS) is 1. The van der Waals surface area contributed by atoms with E-state index < -0.39 is 44.7 Å². The Morgan fingerprint density at radius 2 is 1.84 bits per heavy atom. The Hall–Kier alpha value is -3.27. The van der Waals surface area contributed by atoms with Gasteiger partial charge in [-0.2, -0.15) is 0 Å². The molecule has 2 N–H and O–H groups in total. The first-order valence-corrected chi connectivity index (χ1v) is 10.6. The van der Waals surface area contributed by atoms with Gasteiger partial charge in [0.1, 0.15) is 11.5 Å². The van der Waals surface area contributed by atoms with Crippen LogP contribution in [0, 0.1) is 11.2 Å². The van der Waals surface area contributed by atoms with Crippen LogP contribution in [-0.2, 0) is 9.84 Å². The third-order valence-corrected chi connectivity index (χ3v) is 6.12. The number of benzene rings is 1. The number of aromatic carboxylic acids is 1. The standard InChI is InChI=1S/C18H16F3N3O6S/c19-18(20,21)30-13-9-11(6-7-31(27,28)14-4-2-1-3-5-14)8-12(10-13)29-16-15(17(25)26)22-24-23-16/h8-10,14H,1-5H2,(H,25,26)(H,22,23,24). The SMILES string of the molecule is O=C(O)c1[nH]nnc1Oc1cc(C#CS(=O)(=O)C2CCCCC2)cc(OC(F)(F)F)c1. The molecule has 0 atom stereocenters. The number of carboxylic acids is 1. The zero-order chi connectivity index (χ0) is 22.6. The summed E-state index contributed by atoms with van der Waals surface area (Å²) in [5.74, 6) is -0.665. The first-order chi connectivity index (χ1) is 14.5. The number of nitrogens with one attached hydrogen (secondary N) is 1.